The maximum absolute atomic E-state index is 11.3. The maximum atomic E-state index is 11.3. The number of hydrogen-bond acceptors (Lipinski definition) is 6. The van der Waals surface area contributed by atoms with Crippen molar-refractivity contribution >= 4 is 29.9 Å². The number of imidazole rings is 1. The summed E-state index contributed by atoms with van der Waals surface area (Å²) in [7, 11) is -1.85. The summed E-state index contributed by atoms with van der Waals surface area (Å²) in [4.78, 5) is 15.6. The van der Waals surface area contributed by atoms with Crippen LogP contribution >= 0.6 is 0 Å². The van der Waals surface area contributed by atoms with Gasteiger partial charge in [-0.15, -0.1) is 0 Å². The minimum Gasteiger partial charge on any atom is -0.512 e. The van der Waals surface area contributed by atoms with E-state index in [9.17, 15) is 4.79 Å². The van der Waals surface area contributed by atoms with E-state index in [1.54, 1.807) is 42.7 Å². The molecule has 0 fully saturated rings. The van der Waals surface area contributed by atoms with Crippen molar-refractivity contribution in [3.8, 4) is 5.75 Å². The standard InChI is InChI=1S/C15H15BN4O4/c17-13-11(15(18)21)5-6-12-14(13)19-8-20(12)7-9-1-3-10(4-2-9)24-16(22)23/h1-6,8,22-23H,7,17H2,(H2,18,21). The normalized spacial score (nSPS) is 10.8. The number of nitrogen functional groups attached to an aromatic ring is 1. The van der Waals surface area contributed by atoms with Crippen LogP contribution in [0.2, 0.25) is 0 Å². The summed E-state index contributed by atoms with van der Waals surface area (Å²) in [5.74, 6) is -0.245. The molecule has 0 radical (unpaired) electrons. The molecule has 0 aliphatic heterocycles. The number of benzene rings is 2. The average molecular weight is 326 g/mol. The molecule has 0 unspecified atom stereocenters. The van der Waals surface area contributed by atoms with E-state index in [0.717, 1.165) is 11.1 Å². The smallest absolute Gasteiger partial charge is 0.512 e. The third kappa shape index (κ3) is 3.03. The van der Waals surface area contributed by atoms with Gasteiger partial charge in [0.2, 0.25) is 0 Å². The number of nitrogens with zero attached hydrogens (tertiary/aromatic N) is 2. The highest BCUT2D eigenvalue weighted by molar-refractivity contribution is 6.33. The van der Waals surface area contributed by atoms with Crippen LogP contribution in [0.1, 0.15) is 15.9 Å². The number of primary amides is 1. The molecule has 3 rings (SSSR count). The summed E-state index contributed by atoms with van der Waals surface area (Å²) in [6.07, 6.45) is 1.63. The molecule has 0 saturated carbocycles. The van der Waals surface area contributed by atoms with Crippen LogP contribution in [-0.2, 0) is 6.54 Å². The first kappa shape index (κ1) is 15.8. The molecule has 2 aromatic carbocycles. The Balaban J connectivity index is 1.88. The molecular weight excluding hydrogens is 311 g/mol. The van der Waals surface area contributed by atoms with Crippen molar-refractivity contribution in [1.29, 1.82) is 0 Å². The second-order valence-corrected chi connectivity index (χ2v) is 5.22. The number of fused-ring (bicyclic) bond motifs is 1. The highest BCUT2D eigenvalue weighted by Gasteiger charge is 2.14. The molecule has 8 nitrogen and oxygen atoms in total. The van der Waals surface area contributed by atoms with Crippen molar-refractivity contribution in [3.05, 3.63) is 53.9 Å². The quantitative estimate of drug-likeness (QED) is 0.388. The van der Waals surface area contributed by atoms with E-state index in [2.05, 4.69) is 4.98 Å². The van der Waals surface area contributed by atoms with Crippen LogP contribution < -0.4 is 16.1 Å². The summed E-state index contributed by atoms with van der Waals surface area (Å²) in [6.45, 7) is 0.522. The van der Waals surface area contributed by atoms with Gasteiger partial charge in [-0.3, -0.25) is 4.79 Å². The Morgan fingerprint density at radius 1 is 1.21 bits per heavy atom. The van der Waals surface area contributed by atoms with Gasteiger partial charge in [0.05, 0.1) is 23.1 Å². The minimum atomic E-state index is -1.85. The lowest BCUT2D eigenvalue weighted by atomic mass is 10.1. The average Bonchev–Trinajstić information content (AvgIpc) is 2.93. The van der Waals surface area contributed by atoms with Crippen molar-refractivity contribution in [2.75, 3.05) is 5.73 Å². The third-order valence-corrected chi connectivity index (χ3v) is 3.61. The summed E-state index contributed by atoms with van der Waals surface area (Å²) in [6, 6.07) is 10.2. The number of carbonyl (C=O) groups is 1. The fraction of sp³-hybridized carbons (Fsp3) is 0.0667. The van der Waals surface area contributed by atoms with Crippen molar-refractivity contribution in [2.45, 2.75) is 6.54 Å². The van der Waals surface area contributed by atoms with Gasteiger partial charge in [0.1, 0.15) is 11.3 Å². The molecule has 3 aromatic rings. The van der Waals surface area contributed by atoms with Gasteiger partial charge < -0.3 is 30.7 Å². The van der Waals surface area contributed by atoms with Gasteiger partial charge in [0, 0.05) is 6.54 Å². The molecule has 24 heavy (non-hydrogen) atoms. The van der Waals surface area contributed by atoms with E-state index in [1.165, 1.54) is 0 Å². The van der Waals surface area contributed by atoms with E-state index in [4.69, 9.17) is 26.2 Å². The van der Waals surface area contributed by atoms with Crippen LogP contribution in [0.15, 0.2) is 42.7 Å². The number of carbonyl (C=O) groups excluding carboxylic acids is 1. The fourth-order valence-electron chi connectivity index (χ4n) is 2.49. The molecule has 1 aromatic heterocycles. The lowest BCUT2D eigenvalue weighted by Gasteiger charge is -2.08. The summed E-state index contributed by atoms with van der Waals surface area (Å²) in [5.41, 5.74) is 14.0. The van der Waals surface area contributed by atoms with Crippen LogP contribution in [0.3, 0.4) is 0 Å². The van der Waals surface area contributed by atoms with Crippen LogP contribution in [-0.4, -0.2) is 32.8 Å². The Morgan fingerprint density at radius 2 is 1.92 bits per heavy atom. The zero-order valence-corrected chi connectivity index (χ0v) is 12.6. The van der Waals surface area contributed by atoms with Gasteiger partial charge in [0.25, 0.3) is 5.91 Å². The fourth-order valence-corrected chi connectivity index (χ4v) is 2.49. The summed E-state index contributed by atoms with van der Waals surface area (Å²) in [5, 5.41) is 17.5. The molecule has 0 saturated heterocycles. The Labute approximate surface area is 137 Å². The number of amides is 1. The lowest BCUT2D eigenvalue weighted by Crippen LogP contribution is -2.20. The maximum Gasteiger partial charge on any atom is 0.707 e. The van der Waals surface area contributed by atoms with Crippen molar-refractivity contribution < 1.29 is 19.5 Å². The van der Waals surface area contributed by atoms with Crippen molar-refractivity contribution in [3.63, 3.8) is 0 Å². The number of nitrogens with two attached hydrogens (primary N) is 2. The van der Waals surface area contributed by atoms with Gasteiger partial charge in [-0.25, -0.2) is 4.98 Å². The van der Waals surface area contributed by atoms with Gasteiger partial charge in [-0.2, -0.15) is 0 Å². The Morgan fingerprint density at radius 3 is 2.54 bits per heavy atom. The van der Waals surface area contributed by atoms with E-state index < -0.39 is 13.2 Å². The van der Waals surface area contributed by atoms with E-state index in [-0.39, 0.29) is 11.3 Å². The predicted octanol–water partition coefficient (Wildman–Crippen LogP) is 0.114. The Kier molecular flexibility index (Phi) is 4.11. The molecule has 0 aliphatic rings. The first-order chi connectivity index (χ1) is 11.5. The molecule has 0 spiro atoms. The zero-order chi connectivity index (χ0) is 17.3. The first-order valence-corrected chi connectivity index (χ1v) is 7.10. The summed E-state index contributed by atoms with van der Waals surface area (Å²) >= 11 is 0. The topological polar surface area (TPSA) is 137 Å². The number of hydrogen-bond donors (Lipinski definition) is 4. The van der Waals surface area contributed by atoms with E-state index in [0.29, 0.717) is 17.8 Å². The van der Waals surface area contributed by atoms with E-state index in [1.807, 2.05) is 4.57 Å². The first-order valence-electron chi connectivity index (χ1n) is 7.10. The van der Waals surface area contributed by atoms with Crippen molar-refractivity contribution in [2.24, 2.45) is 5.73 Å². The minimum absolute atomic E-state index is 0.247. The van der Waals surface area contributed by atoms with Crippen LogP contribution in [0.5, 0.6) is 5.75 Å². The van der Waals surface area contributed by atoms with Crippen LogP contribution in [0.25, 0.3) is 11.0 Å². The molecule has 0 atom stereocenters. The highest BCUT2D eigenvalue weighted by atomic mass is 16.6. The van der Waals surface area contributed by atoms with Gasteiger partial charge in [0.15, 0.2) is 0 Å². The molecular formula is C15H15BN4O4. The summed E-state index contributed by atoms with van der Waals surface area (Å²) < 4.78 is 6.64. The largest absolute Gasteiger partial charge is 0.707 e. The molecule has 0 bridgehead atoms. The molecule has 0 aliphatic carbocycles. The second kappa shape index (κ2) is 6.22. The van der Waals surface area contributed by atoms with Gasteiger partial charge in [-0.1, -0.05) is 12.1 Å². The van der Waals surface area contributed by atoms with Crippen LogP contribution in [0, 0.1) is 0 Å². The molecule has 6 N–H and O–H groups in total. The number of rotatable bonds is 5. The molecule has 9 heteroatoms. The predicted molar refractivity (Wildman–Crippen MR) is 89.0 cm³/mol. The van der Waals surface area contributed by atoms with Gasteiger partial charge in [-0.05, 0) is 29.8 Å². The molecule has 122 valence electrons. The highest BCUT2D eigenvalue weighted by Crippen LogP contribution is 2.24. The Hall–Kier alpha value is -3.04. The van der Waals surface area contributed by atoms with Crippen molar-refractivity contribution in [1.82, 2.24) is 9.55 Å². The van der Waals surface area contributed by atoms with Crippen LogP contribution in [0.4, 0.5) is 5.69 Å². The monoisotopic (exact) mass is 326 g/mol. The lowest BCUT2D eigenvalue weighted by molar-refractivity contribution is 0.100. The Bertz CT molecular complexity index is 892. The zero-order valence-electron chi connectivity index (χ0n) is 12.6. The third-order valence-electron chi connectivity index (χ3n) is 3.61. The molecule has 1 amide bonds. The van der Waals surface area contributed by atoms with E-state index >= 15 is 0 Å². The van der Waals surface area contributed by atoms with Gasteiger partial charge >= 0.3 is 7.32 Å². The second-order valence-electron chi connectivity index (χ2n) is 5.22. The SMILES string of the molecule is NC(=O)c1ccc2c(ncn2Cc2ccc(OB(O)O)cc2)c1N. The molecule has 1 heterocycles. The number of anilines is 1. The number of aromatic nitrogens is 2.